The summed E-state index contributed by atoms with van der Waals surface area (Å²) in [5.74, 6) is -1.00. The van der Waals surface area contributed by atoms with Gasteiger partial charge in [0.2, 0.25) is 0 Å². The van der Waals surface area contributed by atoms with Gasteiger partial charge in [0.25, 0.3) is 0 Å². The molecule has 32 heavy (non-hydrogen) atoms. The molecule has 1 aromatic carbocycles. The van der Waals surface area contributed by atoms with Gasteiger partial charge < -0.3 is 29.5 Å². The van der Waals surface area contributed by atoms with Crippen LogP contribution in [-0.2, 0) is 14.0 Å². The third-order valence-corrected chi connectivity index (χ3v) is 5.68. The molecular formula is C23H31BN2O6. The molecule has 0 aliphatic carbocycles. The Bertz CT molecular complexity index is 1050. The van der Waals surface area contributed by atoms with Gasteiger partial charge in [-0.3, -0.25) is 0 Å². The van der Waals surface area contributed by atoms with Crippen molar-refractivity contribution in [2.75, 3.05) is 6.54 Å². The maximum absolute atomic E-state index is 12.2. The van der Waals surface area contributed by atoms with Crippen molar-refractivity contribution >= 4 is 36.2 Å². The third-order valence-electron chi connectivity index (χ3n) is 5.68. The molecule has 8 nitrogen and oxygen atoms in total. The van der Waals surface area contributed by atoms with Gasteiger partial charge in [-0.1, -0.05) is 12.1 Å². The number of nitrogens with one attached hydrogen (secondary N) is 2. The summed E-state index contributed by atoms with van der Waals surface area (Å²) in [5.41, 5.74) is 0.637. The van der Waals surface area contributed by atoms with Crippen molar-refractivity contribution in [2.24, 2.45) is 0 Å². The first-order valence-electron chi connectivity index (χ1n) is 10.6. The Balaban J connectivity index is 1.94. The van der Waals surface area contributed by atoms with Crippen LogP contribution in [0.25, 0.3) is 17.0 Å². The van der Waals surface area contributed by atoms with Crippen LogP contribution in [0.3, 0.4) is 0 Å². The van der Waals surface area contributed by atoms with Gasteiger partial charge in [-0.15, -0.1) is 0 Å². The van der Waals surface area contributed by atoms with Crippen LogP contribution in [0.4, 0.5) is 4.79 Å². The van der Waals surface area contributed by atoms with Crippen LogP contribution in [-0.4, -0.2) is 52.6 Å². The first-order chi connectivity index (χ1) is 14.7. The number of amides is 1. The number of H-pyrrole nitrogens is 1. The Morgan fingerprint density at radius 3 is 2.38 bits per heavy atom. The molecule has 9 heteroatoms. The number of alkyl carbamates (subject to hydrolysis) is 1. The second-order valence-electron chi connectivity index (χ2n) is 9.98. The van der Waals surface area contributed by atoms with Gasteiger partial charge in [-0.05, 0) is 71.6 Å². The summed E-state index contributed by atoms with van der Waals surface area (Å²) in [5, 5.41) is 12.8. The molecule has 2 aromatic rings. The standard InChI is InChI=1S/C23H31BN2O6/c1-21(2,3)30-20(29)26-12-15(24-31-22(4,5)23(6,7)32-24)10-14-8-9-18-16(11-14)17(13-25-18)19(27)28/h8-11,13,25H,12H2,1-7H3,(H,26,29)(H,27,28). The molecule has 0 unspecified atom stereocenters. The summed E-state index contributed by atoms with van der Waals surface area (Å²) in [6.45, 7) is 13.3. The normalized spacial score (nSPS) is 18.1. The predicted molar refractivity (Wildman–Crippen MR) is 124 cm³/mol. The van der Waals surface area contributed by atoms with Gasteiger partial charge in [0.05, 0.1) is 16.8 Å². The van der Waals surface area contributed by atoms with Gasteiger partial charge in [-0.2, -0.15) is 0 Å². The second-order valence-corrected chi connectivity index (χ2v) is 9.98. The van der Waals surface area contributed by atoms with E-state index in [-0.39, 0.29) is 12.1 Å². The van der Waals surface area contributed by atoms with E-state index in [2.05, 4.69) is 10.3 Å². The maximum Gasteiger partial charge on any atom is 0.492 e. The highest BCUT2D eigenvalue weighted by atomic mass is 16.7. The van der Waals surface area contributed by atoms with Crippen molar-refractivity contribution in [2.45, 2.75) is 65.3 Å². The lowest BCUT2D eigenvalue weighted by Gasteiger charge is -2.32. The predicted octanol–water partition coefficient (Wildman–Crippen LogP) is 4.41. The van der Waals surface area contributed by atoms with Crippen LogP contribution in [0.1, 0.15) is 64.4 Å². The van der Waals surface area contributed by atoms with Gasteiger partial charge in [0.1, 0.15) is 5.60 Å². The van der Waals surface area contributed by atoms with E-state index in [1.54, 1.807) is 26.8 Å². The summed E-state index contributed by atoms with van der Waals surface area (Å²) in [7, 11) is -0.684. The molecule has 2 heterocycles. The Labute approximate surface area is 188 Å². The van der Waals surface area contributed by atoms with E-state index in [4.69, 9.17) is 14.0 Å². The molecule has 0 radical (unpaired) electrons. The Morgan fingerprint density at radius 2 is 1.81 bits per heavy atom. The van der Waals surface area contributed by atoms with Crippen molar-refractivity contribution < 1.29 is 28.7 Å². The number of ether oxygens (including phenoxy) is 1. The molecule has 0 bridgehead atoms. The summed E-state index contributed by atoms with van der Waals surface area (Å²) in [6.07, 6.45) is 2.77. The third kappa shape index (κ3) is 5.16. The lowest BCUT2D eigenvalue weighted by molar-refractivity contribution is 0.00578. The Hall–Kier alpha value is -2.78. The number of aromatic amines is 1. The fraction of sp³-hybridized carbons (Fsp3) is 0.478. The molecule has 0 spiro atoms. The summed E-state index contributed by atoms with van der Waals surface area (Å²) in [4.78, 5) is 26.7. The summed E-state index contributed by atoms with van der Waals surface area (Å²) < 4.78 is 17.7. The van der Waals surface area contributed by atoms with Crippen molar-refractivity contribution in [1.29, 1.82) is 0 Å². The average molecular weight is 442 g/mol. The summed E-state index contributed by atoms with van der Waals surface area (Å²) >= 11 is 0. The van der Waals surface area contributed by atoms with Crippen molar-refractivity contribution in [3.8, 4) is 0 Å². The van der Waals surface area contributed by atoms with Crippen LogP contribution in [0, 0.1) is 0 Å². The molecule has 0 saturated carbocycles. The van der Waals surface area contributed by atoms with E-state index in [1.165, 1.54) is 6.20 Å². The smallest absolute Gasteiger partial charge is 0.478 e. The lowest BCUT2D eigenvalue weighted by atomic mass is 9.77. The SMILES string of the molecule is CC(C)(C)OC(=O)NCC(=Cc1ccc2[nH]cc(C(=O)O)c2c1)B1OC(C)(C)C(C)(C)O1. The van der Waals surface area contributed by atoms with Crippen LogP contribution in [0.5, 0.6) is 0 Å². The molecular weight excluding hydrogens is 411 g/mol. The fourth-order valence-electron chi connectivity index (χ4n) is 3.30. The zero-order valence-electron chi connectivity index (χ0n) is 19.7. The van der Waals surface area contributed by atoms with E-state index in [9.17, 15) is 14.7 Å². The van der Waals surface area contributed by atoms with Crippen molar-refractivity contribution in [3.63, 3.8) is 0 Å². The highest BCUT2D eigenvalue weighted by Crippen LogP contribution is 2.39. The number of aromatic carboxylic acids is 1. The van der Waals surface area contributed by atoms with Crippen LogP contribution < -0.4 is 5.32 Å². The monoisotopic (exact) mass is 442 g/mol. The van der Waals surface area contributed by atoms with Crippen LogP contribution >= 0.6 is 0 Å². The van der Waals surface area contributed by atoms with Crippen molar-refractivity contribution in [3.05, 3.63) is 41.0 Å². The molecule has 1 aliphatic heterocycles. The number of hydrogen-bond donors (Lipinski definition) is 3. The average Bonchev–Trinajstić information content (AvgIpc) is 3.14. The molecule has 1 aliphatic rings. The molecule has 3 N–H and O–H groups in total. The highest BCUT2D eigenvalue weighted by Gasteiger charge is 2.52. The molecule has 1 fully saturated rings. The van der Waals surface area contributed by atoms with E-state index in [0.717, 1.165) is 11.1 Å². The first kappa shape index (κ1) is 23.9. The number of benzene rings is 1. The molecule has 0 atom stereocenters. The molecule has 3 rings (SSSR count). The quantitative estimate of drug-likeness (QED) is 0.592. The zero-order valence-corrected chi connectivity index (χ0v) is 19.7. The summed E-state index contributed by atoms with van der Waals surface area (Å²) in [6, 6.07) is 5.47. The number of rotatable bonds is 5. The van der Waals surface area contributed by atoms with Gasteiger partial charge in [-0.25, -0.2) is 9.59 Å². The minimum Gasteiger partial charge on any atom is -0.478 e. The number of carbonyl (C=O) groups excluding carboxylic acids is 1. The number of aromatic nitrogens is 1. The fourth-order valence-corrected chi connectivity index (χ4v) is 3.30. The van der Waals surface area contributed by atoms with E-state index >= 15 is 0 Å². The topological polar surface area (TPSA) is 110 Å². The number of carboxylic acids is 1. The number of fused-ring (bicyclic) bond motifs is 1. The molecule has 1 amide bonds. The number of hydrogen-bond acceptors (Lipinski definition) is 5. The molecule has 172 valence electrons. The van der Waals surface area contributed by atoms with Gasteiger partial charge >= 0.3 is 19.2 Å². The maximum atomic E-state index is 12.2. The zero-order chi connectivity index (χ0) is 23.9. The highest BCUT2D eigenvalue weighted by molar-refractivity contribution is 6.56. The minimum atomic E-state index is -1.00. The molecule has 1 aromatic heterocycles. The Kier molecular flexibility index (Phi) is 6.19. The first-order valence-corrected chi connectivity index (χ1v) is 10.6. The lowest BCUT2D eigenvalue weighted by Crippen LogP contribution is -2.41. The largest absolute Gasteiger partial charge is 0.492 e. The van der Waals surface area contributed by atoms with E-state index in [0.29, 0.717) is 10.9 Å². The van der Waals surface area contributed by atoms with Crippen LogP contribution in [0.15, 0.2) is 29.9 Å². The number of carbonyl (C=O) groups is 2. The van der Waals surface area contributed by atoms with E-state index < -0.39 is 36.0 Å². The molecule has 1 saturated heterocycles. The van der Waals surface area contributed by atoms with Gasteiger partial charge in [0.15, 0.2) is 0 Å². The van der Waals surface area contributed by atoms with Gasteiger partial charge in [0, 0.05) is 23.6 Å². The minimum absolute atomic E-state index is 0.142. The Morgan fingerprint density at radius 1 is 1.19 bits per heavy atom. The van der Waals surface area contributed by atoms with E-state index in [1.807, 2.05) is 45.9 Å². The van der Waals surface area contributed by atoms with Crippen molar-refractivity contribution in [1.82, 2.24) is 10.3 Å². The van der Waals surface area contributed by atoms with Crippen LogP contribution in [0.2, 0.25) is 0 Å². The second kappa shape index (κ2) is 8.29. The number of carboxylic acid groups (broad SMARTS) is 1.